The number of fused-ring (bicyclic) bond motifs is 1. The number of piperazine rings is 1. The molecule has 0 radical (unpaired) electrons. The Hall–Kier alpha value is -3.38. The van der Waals surface area contributed by atoms with Gasteiger partial charge in [-0.2, -0.15) is 0 Å². The molecule has 2 aromatic carbocycles. The van der Waals surface area contributed by atoms with E-state index in [0.29, 0.717) is 24.4 Å². The van der Waals surface area contributed by atoms with Crippen LogP contribution in [0.25, 0.3) is 17.0 Å². The summed E-state index contributed by atoms with van der Waals surface area (Å²) in [6, 6.07) is 16.9. The van der Waals surface area contributed by atoms with Gasteiger partial charge in [0.1, 0.15) is 5.70 Å². The molecule has 30 heavy (non-hydrogen) atoms. The molecule has 3 aromatic rings. The van der Waals surface area contributed by atoms with Gasteiger partial charge in [-0.15, -0.1) is 0 Å². The van der Waals surface area contributed by atoms with E-state index in [1.54, 1.807) is 18.2 Å². The fourth-order valence-electron chi connectivity index (χ4n) is 3.74. The Kier molecular flexibility index (Phi) is 5.95. The Morgan fingerprint density at radius 2 is 1.70 bits per heavy atom. The molecule has 1 aliphatic rings. The standard InChI is InChI=1S/C24H26N4O2/c1-2-27-12-14-28(15-13-27)24(30)22(26-23(29)18-8-4-3-5-9-18)16-19-17-25-21-11-7-6-10-20(19)21/h3-11,16-17,25H,2,12-15H2,1H3,(H,26,29)/b22-16+. The maximum Gasteiger partial charge on any atom is 0.270 e. The zero-order valence-corrected chi connectivity index (χ0v) is 17.1. The zero-order valence-electron chi connectivity index (χ0n) is 17.1. The van der Waals surface area contributed by atoms with Crippen LogP contribution < -0.4 is 5.32 Å². The first-order valence-electron chi connectivity index (χ1n) is 10.3. The fourth-order valence-corrected chi connectivity index (χ4v) is 3.74. The number of rotatable bonds is 5. The molecule has 2 N–H and O–H groups in total. The predicted molar refractivity (Wildman–Crippen MR) is 119 cm³/mol. The monoisotopic (exact) mass is 402 g/mol. The van der Waals surface area contributed by atoms with Crippen LogP contribution in [0.2, 0.25) is 0 Å². The Morgan fingerprint density at radius 3 is 2.43 bits per heavy atom. The van der Waals surface area contributed by atoms with Gasteiger partial charge in [-0.25, -0.2) is 0 Å². The van der Waals surface area contributed by atoms with Gasteiger partial charge >= 0.3 is 0 Å². The van der Waals surface area contributed by atoms with Gasteiger partial charge in [0.15, 0.2) is 0 Å². The van der Waals surface area contributed by atoms with E-state index < -0.39 is 0 Å². The van der Waals surface area contributed by atoms with E-state index in [1.165, 1.54) is 0 Å². The summed E-state index contributed by atoms with van der Waals surface area (Å²) >= 11 is 0. The molecule has 154 valence electrons. The van der Waals surface area contributed by atoms with Gasteiger partial charge in [-0.3, -0.25) is 9.59 Å². The average molecular weight is 402 g/mol. The normalized spacial score (nSPS) is 15.4. The molecule has 4 rings (SSSR count). The van der Waals surface area contributed by atoms with Crippen molar-refractivity contribution in [1.82, 2.24) is 20.1 Å². The van der Waals surface area contributed by atoms with Crippen LogP contribution in [0, 0.1) is 0 Å². The third-order valence-electron chi connectivity index (χ3n) is 5.54. The summed E-state index contributed by atoms with van der Waals surface area (Å²) in [5.74, 6) is -0.442. The number of carbonyl (C=O) groups is 2. The molecule has 0 bridgehead atoms. The number of nitrogens with zero attached hydrogens (tertiary/aromatic N) is 2. The van der Waals surface area contributed by atoms with Gasteiger partial charge in [-0.1, -0.05) is 43.3 Å². The molecule has 0 spiro atoms. The quantitative estimate of drug-likeness (QED) is 0.645. The number of likely N-dealkylation sites (N-methyl/N-ethyl adjacent to an activating group) is 1. The Labute approximate surface area is 176 Å². The van der Waals surface area contributed by atoms with Crippen LogP contribution in [0.1, 0.15) is 22.8 Å². The summed E-state index contributed by atoms with van der Waals surface area (Å²) in [6.45, 7) is 6.09. The lowest BCUT2D eigenvalue weighted by atomic mass is 10.1. The minimum Gasteiger partial charge on any atom is -0.361 e. The number of aromatic nitrogens is 1. The predicted octanol–water partition coefficient (Wildman–Crippen LogP) is 3.10. The number of amides is 2. The number of aromatic amines is 1. The van der Waals surface area contributed by atoms with Crippen molar-refractivity contribution in [2.75, 3.05) is 32.7 Å². The van der Waals surface area contributed by atoms with Crippen molar-refractivity contribution in [3.63, 3.8) is 0 Å². The number of para-hydroxylation sites is 1. The first-order valence-corrected chi connectivity index (χ1v) is 10.3. The van der Waals surface area contributed by atoms with E-state index in [9.17, 15) is 9.59 Å². The maximum atomic E-state index is 13.3. The van der Waals surface area contributed by atoms with Crippen LogP contribution in [0.4, 0.5) is 0 Å². The minimum atomic E-state index is -0.290. The maximum absolute atomic E-state index is 13.3. The first-order chi connectivity index (χ1) is 14.7. The van der Waals surface area contributed by atoms with E-state index >= 15 is 0 Å². The molecular weight excluding hydrogens is 376 g/mol. The number of carbonyl (C=O) groups excluding carboxylic acids is 2. The van der Waals surface area contributed by atoms with Crippen LogP contribution in [0.5, 0.6) is 0 Å². The van der Waals surface area contributed by atoms with Gasteiger partial charge in [0.2, 0.25) is 0 Å². The molecule has 1 fully saturated rings. The van der Waals surface area contributed by atoms with Crippen LogP contribution in [0.3, 0.4) is 0 Å². The smallest absolute Gasteiger partial charge is 0.270 e. The summed E-state index contributed by atoms with van der Waals surface area (Å²) in [6.07, 6.45) is 3.63. The van der Waals surface area contributed by atoms with E-state index in [4.69, 9.17) is 0 Å². The number of H-pyrrole nitrogens is 1. The fraction of sp³-hybridized carbons (Fsp3) is 0.250. The third-order valence-corrected chi connectivity index (χ3v) is 5.54. The highest BCUT2D eigenvalue weighted by atomic mass is 16.2. The van der Waals surface area contributed by atoms with E-state index in [1.807, 2.05) is 53.6 Å². The molecule has 0 atom stereocenters. The Balaban J connectivity index is 1.64. The summed E-state index contributed by atoms with van der Waals surface area (Å²) in [5, 5.41) is 3.87. The van der Waals surface area contributed by atoms with Crippen molar-refractivity contribution >= 4 is 28.8 Å². The second kappa shape index (κ2) is 8.97. The lowest BCUT2D eigenvalue weighted by molar-refractivity contribution is -0.129. The molecule has 0 saturated carbocycles. The molecule has 0 aliphatic carbocycles. The molecule has 0 unspecified atom stereocenters. The highest BCUT2D eigenvalue weighted by molar-refractivity contribution is 6.06. The van der Waals surface area contributed by atoms with Crippen molar-refractivity contribution in [3.8, 4) is 0 Å². The average Bonchev–Trinajstić information content (AvgIpc) is 3.21. The zero-order chi connectivity index (χ0) is 20.9. The number of hydrogen-bond donors (Lipinski definition) is 2. The van der Waals surface area contributed by atoms with Crippen LogP contribution in [-0.4, -0.2) is 59.3 Å². The largest absolute Gasteiger partial charge is 0.361 e. The van der Waals surface area contributed by atoms with Gasteiger partial charge in [0.05, 0.1) is 0 Å². The summed E-state index contributed by atoms with van der Waals surface area (Å²) < 4.78 is 0. The van der Waals surface area contributed by atoms with Crippen molar-refractivity contribution in [3.05, 3.63) is 77.6 Å². The molecule has 1 aliphatic heterocycles. The highest BCUT2D eigenvalue weighted by Gasteiger charge is 2.24. The summed E-state index contributed by atoms with van der Waals surface area (Å²) in [5.41, 5.74) is 2.67. The lowest BCUT2D eigenvalue weighted by Gasteiger charge is -2.34. The SMILES string of the molecule is CCN1CCN(C(=O)/C(=C\c2c[nH]c3ccccc23)NC(=O)c2ccccc2)CC1. The number of benzene rings is 2. The molecule has 1 aromatic heterocycles. The lowest BCUT2D eigenvalue weighted by Crippen LogP contribution is -2.50. The van der Waals surface area contributed by atoms with Gasteiger partial charge in [0, 0.05) is 54.4 Å². The summed E-state index contributed by atoms with van der Waals surface area (Å²) in [7, 11) is 0. The van der Waals surface area contributed by atoms with Gasteiger partial charge in [0.25, 0.3) is 11.8 Å². The van der Waals surface area contributed by atoms with Gasteiger partial charge < -0.3 is 20.1 Å². The minimum absolute atomic E-state index is 0.152. The highest BCUT2D eigenvalue weighted by Crippen LogP contribution is 2.21. The Bertz CT molecular complexity index is 1060. The molecule has 2 amide bonds. The van der Waals surface area contributed by atoms with E-state index in [0.717, 1.165) is 36.1 Å². The second-order valence-electron chi connectivity index (χ2n) is 7.39. The van der Waals surface area contributed by atoms with Crippen molar-refractivity contribution < 1.29 is 9.59 Å². The van der Waals surface area contributed by atoms with Gasteiger partial charge in [-0.05, 0) is 30.8 Å². The molecular formula is C24H26N4O2. The van der Waals surface area contributed by atoms with Crippen LogP contribution >= 0.6 is 0 Å². The Morgan fingerprint density at radius 1 is 1.00 bits per heavy atom. The first kappa shape index (κ1) is 19.9. The molecule has 6 heteroatoms. The molecule has 1 saturated heterocycles. The third kappa shape index (κ3) is 4.28. The number of hydrogen-bond acceptors (Lipinski definition) is 3. The van der Waals surface area contributed by atoms with E-state index in [2.05, 4.69) is 22.1 Å². The number of nitrogens with one attached hydrogen (secondary N) is 2. The van der Waals surface area contributed by atoms with Crippen molar-refractivity contribution in [2.24, 2.45) is 0 Å². The van der Waals surface area contributed by atoms with Crippen LogP contribution in [-0.2, 0) is 4.79 Å². The second-order valence-corrected chi connectivity index (χ2v) is 7.39. The topological polar surface area (TPSA) is 68.4 Å². The summed E-state index contributed by atoms with van der Waals surface area (Å²) in [4.78, 5) is 33.5. The molecule has 6 nitrogen and oxygen atoms in total. The van der Waals surface area contributed by atoms with E-state index in [-0.39, 0.29) is 11.8 Å². The van der Waals surface area contributed by atoms with Crippen molar-refractivity contribution in [1.29, 1.82) is 0 Å². The van der Waals surface area contributed by atoms with Crippen LogP contribution in [0.15, 0.2) is 66.5 Å². The van der Waals surface area contributed by atoms with Crippen molar-refractivity contribution in [2.45, 2.75) is 6.92 Å². The molecule has 2 heterocycles.